The Hall–Kier alpha value is -2.34. The first-order chi connectivity index (χ1) is 12.0. The zero-order valence-electron chi connectivity index (χ0n) is 13.8. The van der Waals surface area contributed by atoms with Crippen molar-refractivity contribution >= 4 is 29.3 Å². The van der Waals surface area contributed by atoms with Gasteiger partial charge in [0.05, 0.1) is 11.3 Å². The average molecular weight is 359 g/mol. The van der Waals surface area contributed by atoms with Gasteiger partial charge < -0.3 is 9.64 Å². The fourth-order valence-corrected chi connectivity index (χ4v) is 3.73. The third-order valence-corrected chi connectivity index (χ3v) is 5.19. The Bertz CT molecular complexity index is 778. The lowest BCUT2D eigenvalue weighted by molar-refractivity contribution is -0.121. The molecule has 3 rings (SSSR count). The Labute approximate surface area is 150 Å². The van der Waals surface area contributed by atoms with Crippen molar-refractivity contribution in [2.45, 2.75) is 23.5 Å². The minimum atomic E-state index is -0.640. The van der Waals surface area contributed by atoms with Crippen molar-refractivity contribution in [3.8, 4) is 0 Å². The van der Waals surface area contributed by atoms with Gasteiger partial charge in [0.25, 0.3) is 5.91 Å². The van der Waals surface area contributed by atoms with Crippen molar-refractivity contribution in [3.63, 3.8) is 0 Å². The van der Waals surface area contributed by atoms with Gasteiger partial charge in [-0.15, -0.1) is 11.8 Å². The van der Waals surface area contributed by atoms with Crippen LogP contribution in [0.3, 0.4) is 0 Å². The van der Waals surface area contributed by atoms with E-state index in [-0.39, 0.29) is 18.1 Å². The third kappa shape index (κ3) is 4.20. The van der Waals surface area contributed by atoms with Gasteiger partial charge in [-0.1, -0.05) is 19.1 Å². The molecule has 4 nitrogen and oxygen atoms in total. The third-order valence-electron chi connectivity index (χ3n) is 3.95. The normalized spacial score (nSPS) is 16.7. The molecule has 0 fully saturated rings. The van der Waals surface area contributed by atoms with E-state index in [0.29, 0.717) is 11.8 Å². The first-order valence-corrected chi connectivity index (χ1v) is 8.91. The molecule has 130 valence electrons. The summed E-state index contributed by atoms with van der Waals surface area (Å²) in [6, 6.07) is 12.8. The van der Waals surface area contributed by atoms with Gasteiger partial charge >= 0.3 is 5.97 Å². The number of para-hydroxylation sites is 1. The lowest BCUT2D eigenvalue weighted by Gasteiger charge is -2.22. The maximum Gasteiger partial charge on any atom is 0.338 e. The van der Waals surface area contributed by atoms with Crippen LogP contribution in [0.2, 0.25) is 0 Å². The SMILES string of the molecule is CC1CCN(C(=O)COC(=O)c2ccc(F)cc2)c2ccccc2S1. The van der Waals surface area contributed by atoms with E-state index >= 15 is 0 Å². The van der Waals surface area contributed by atoms with Gasteiger partial charge in [-0.05, 0) is 42.8 Å². The first-order valence-electron chi connectivity index (χ1n) is 8.03. The van der Waals surface area contributed by atoms with Gasteiger partial charge in [0, 0.05) is 16.7 Å². The smallest absolute Gasteiger partial charge is 0.338 e. The van der Waals surface area contributed by atoms with Gasteiger partial charge in [-0.25, -0.2) is 9.18 Å². The zero-order chi connectivity index (χ0) is 17.8. The van der Waals surface area contributed by atoms with E-state index < -0.39 is 11.8 Å². The fourth-order valence-electron chi connectivity index (χ4n) is 2.62. The molecule has 0 radical (unpaired) electrons. The molecule has 25 heavy (non-hydrogen) atoms. The predicted molar refractivity (Wildman–Crippen MR) is 95.4 cm³/mol. The highest BCUT2D eigenvalue weighted by Gasteiger charge is 2.24. The Kier molecular flexibility index (Phi) is 5.38. The topological polar surface area (TPSA) is 46.6 Å². The maximum absolute atomic E-state index is 12.9. The molecule has 0 N–H and O–H groups in total. The highest BCUT2D eigenvalue weighted by atomic mass is 32.2. The van der Waals surface area contributed by atoms with E-state index in [0.717, 1.165) is 17.0 Å². The number of carbonyl (C=O) groups excluding carboxylic acids is 2. The molecule has 1 aliphatic heterocycles. The number of thioether (sulfide) groups is 1. The van der Waals surface area contributed by atoms with Crippen LogP contribution >= 0.6 is 11.8 Å². The predicted octanol–water partition coefficient (Wildman–Crippen LogP) is 3.90. The van der Waals surface area contributed by atoms with E-state index in [4.69, 9.17) is 4.74 Å². The zero-order valence-corrected chi connectivity index (χ0v) is 14.6. The lowest BCUT2D eigenvalue weighted by atomic mass is 10.2. The summed E-state index contributed by atoms with van der Waals surface area (Å²) in [6.45, 7) is 2.37. The van der Waals surface area contributed by atoms with Crippen LogP contribution in [0, 0.1) is 5.82 Å². The number of halogens is 1. The minimum Gasteiger partial charge on any atom is -0.452 e. The van der Waals surface area contributed by atoms with E-state index in [9.17, 15) is 14.0 Å². The second-order valence-electron chi connectivity index (χ2n) is 5.81. The second kappa shape index (κ2) is 7.70. The number of benzene rings is 2. The quantitative estimate of drug-likeness (QED) is 0.780. The van der Waals surface area contributed by atoms with Crippen LogP contribution in [0.5, 0.6) is 0 Å². The van der Waals surface area contributed by atoms with Gasteiger partial charge in [-0.2, -0.15) is 0 Å². The molecule has 1 amide bonds. The molecule has 0 saturated heterocycles. The standard InChI is InChI=1S/C19H18FNO3S/c1-13-10-11-21(16-4-2-3-5-17(16)25-13)18(22)12-24-19(23)14-6-8-15(20)9-7-14/h2-9,13H,10-12H2,1H3. The number of rotatable bonds is 3. The largest absolute Gasteiger partial charge is 0.452 e. The lowest BCUT2D eigenvalue weighted by Crippen LogP contribution is -2.35. The molecular formula is C19H18FNO3S. The molecule has 6 heteroatoms. The number of carbonyl (C=O) groups is 2. The second-order valence-corrected chi connectivity index (χ2v) is 7.29. The fraction of sp³-hybridized carbons (Fsp3) is 0.263. The van der Waals surface area contributed by atoms with Gasteiger partial charge in [-0.3, -0.25) is 4.79 Å². The number of amides is 1. The van der Waals surface area contributed by atoms with Crippen molar-refractivity contribution in [2.24, 2.45) is 0 Å². The average Bonchev–Trinajstić information content (AvgIpc) is 2.78. The van der Waals surface area contributed by atoms with Gasteiger partial charge in [0.15, 0.2) is 6.61 Å². The number of nitrogens with zero attached hydrogens (tertiary/aromatic N) is 1. The summed E-state index contributed by atoms with van der Waals surface area (Å²) in [4.78, 5) is 27.3. The number of hydrogen-bond donors (Lipinski definition) is 0. The van der Waals surface area contributed by atoms with Crippen LogP contribution in [0.25, 0.3) is 0 Å². The molecule has 0 saturated carbocycles. The number of hydrogen-bond acceptors (Lipinski definition) is 4. The van der Waals surface area contributed by atoms with E-state index in [1.54, 1.807) is 16.7 Å². The molecule has 1 aliphatic rings. The monoisotopic (exact) mass is 359 g/mol. The van der Waals surface area contributed by atoms with E-state index in [2.05, 4.69) is 6.92 Å². The van der Waals surface area contributed by atoms with Crippen LogP contribution in [-0.2, 0) is 9.53 Å². The molecule has 1 heterocycles. The minimum absolute atomic E-state index is 0.217. The summed E-state index contributed by atoms with van der Waals surface area (Å²) in [7, 11) is 0. The van der Waals surface area contributed by atoms with Crippen LogP contribution < -0.4 is 4.90 Å². The number of fused-ring (bicyclic) bond motifs is 1. The Morgan fingerprint density at radius 1 is 1.20 bits per heavy atom. The molecule has 1 unspecified atom stereocenters. The molecule has 0 spiro atoms. The van der Waals surface area contributed by atoms with Crippen molar-refractivity contribution in [1.29, 1.82) is 0 Å². The highest BCUT2D eigenvalue weighted by Crippen LogP contribution is 2.37. The molecule has 0 bridgehead atoms. The van der Waals surface area contributed by atoms with Crippen LogP contribution in [-0.4, -0.2) is 30.3 Å². The number of anilines is 1. The Balaban J connectivity index is 1.68. The van der Waals surface area contributed by atoms with Crippen LogP contribution in [0.1, 0.15) is 23.7 Å². The molecule has 0 aromatic heterocycles. The van der Waals surface area contributed by atoms with Crippen molar-refractivity contribution < 1.29 is 18.7 Å². The number of ether oxygens (including phenoxy) is 1. The summed E-state index contributed by atoms with van der Waals surface area (Å²) in [6.07, 6.45) is 0.858. The molecule has 2 aromatic rings. The molecule has 2 aromatic carbocycles. The summed E-state index contributed by atoms with van der Waals surface area (Å²) in [5.41, 5.74) is 1.06. The Morgan fingerprint density at radius 3 is 2.68 bits per heavy atom. The summed E-state index contributed by atoms with van der Waals surface area (Å²) in [5, 5.41) is 0.403. The summed E-state index contributed by atoms with van der Waals surface area (Å²) in [5.74, 6) is -1.34. The molecule has 1 atom stereocenters. The first kappa shape index (κ1) is 17.5. The maximum atomic E-state index is 12.9. The highest BCUT2D eigenvalue weighted by molar-refractivity contribution is 8.00. The number of esters is 1. The van der Waals surface area contributed by atoms with Crippen LogP contribution in [0.15, 0.2) is 53.4 Å². The summed E-state index contributed by atoms with van der Waals surface area (Å²) < 4.78 is 18.0. The van der Waals surface area contributed by atoms with Crippen molar-refractivity contribution in [3.05, 3.63) is 59.9 Å². The van der Waals surface area contributed by atoms with E-state index in [1.807, 2.05) is 24.3 Å². The molecular weight excluding hydrogens is 341 g/mol. The van der Waals surface area contributed by atoms with Crippen LogP contribution in [0.4, 0.5) is 10.1 Å². The van der Waals surface area contributed by atoms with Gasteiger partial charge in [0.2, 0.25) is 0 Å². The van der Waals surface area contributed by atoms with Crippen molar-refractivity contribution in [2.75, 3.05) is 18.1 Å². The Morgan fingerprint density at radius 2 is 1.92 bits per heavy atom. The van der Waals surface area contributed by atoms with E-state index in [1.165, 1.54) is 24.3 Å². The van der Waals surface area contributed by atoms with Gasteiger partial charge in [0.1, 0.15) is 5.82 Å². The molecule has 0 aliphatic carbocycles. The van der Waals surface area contributed by atoms with Crippen molar-refractivity contribution in [1.82, 2.24) is 0 Å². The summed E-state index contributed by atoms with van der Waals surface area (Å²) >= 11 is 1.74.